The Balaban J connectivity index is 1.70. The molecule has 0 saturated heterocycles. The Kier molecular flexibility index (Phi) is 7.19. The second-order valence-corrected chi connectivity index (χ2v) is 9.89. The summed E-state index contributed by atoms with van der Waals surface area (Å²) in [5.74, 6) is -0.394. The van der Waals surface area contributed by atoms with E-state index in [1.807, 2.05) is 0 Å². The highest BCUT2D eigenvalue weighted by molar-refractivity contribution is 7.91. The van der Waals surface area contributed by atoms with Crippen molar-refractivity contribution in [2.75, 3.05) is 12.3 Å². The van der Waals surface area contributed by atoms with Gasteiger partial charge in [-0.3, -0.25) is 4.79 Å². The maximum Gasteiger partial charge on any atom is 0.221 e. The molecule has 146 valence electrons. The molecule has 0 aliphatic heterocycles. The summed E-state index contributed by atoms with van der Waals surface area (Å²) in [5.41, 5.74) is 2.69. The minimum atomic E-state index is -3.41. The van der Waals surface area contributed by atoms with Gasteiger partial charge < -0.3 is 5.32 Å². The second-order valence-electron chi connectivity index (χ2n) is 7.78. The fourth-order valence-electron chi connectivity index (χ4n) is 2.75. The van der Waals surface area contributed by atoms with E-state index in [1.165, 1.54) is 11.1 Å². The third-order valence-electron chi connectivity index (χ3n) is 4.48. The Morgan fingerprint density at radius 1 is 0.963 bits per heavy atom. The van der Waals surface area contributed by atoms with Crippen LogP contribution in [0.15, 0.2) is 59.5 Å². The van der Waals surface area contributed by atoms with Crippen LogP contribution in [-0.2, 0) is 26.5 Å². The first-order valence-electron chi connectivity index (χ1n) is 9.32. The van der Waals surface area contributed by atoms with Crippen molar-refractivity contribution in [1.29, 1.82) is 0 Å². The van der Waals surface area contributed by atoms with Gasteiger partial charge in [-0.15, -0.1) is 0 Å². The molecule has 0 bridgehead atoms. The van der Waals surface area contributed by atoms with Gasteiger partial charge in [0.15, 0.2) is 9.84 Å². The first kappa shape index (κ1) is 21.2. The van der Waals surface area contributed by atoms with Crippen LogP contribution < -0.4 is 5.32 Å². The molecule has 1 amide bonds. The standard InChI is InChI=1S/C22H29NO3S/c1-22(2,3)19-13-11-18(12-14-19)8-7-16-23-21(24)15-17-27(25,26)20-9-5-4-6-10-20/h4-6,9-14H,7-8,15-17H2,1-3H3,(H,23,24). The summed E-state index contributed by atoms with van der Waals surface area (Å²) < 4.78 is 24.3. The van der Waals surface area contributed by atoms with Gasteiger partial charge in [0.2, 0.25) is 5.91 Å². The van der Waals surface area contributed by atoms with E-state index in [2.05, 4.69) is 50.4 Å². The molecular formula is C22H29NO3S. The largest absolute Gasteiger partial charge is 0.356 e. The molecule has 0 unspecified atom stereocenters. The average Bonchev–Trinajstić information content (AvgIpc) is 2.64. The van der Waals surface area contributed by atoms with Gasteiger partial charge in [0.1, 0.15) is 0 Å². The monoisotopic (exact) mass is 387 g/mol. The Morgan fingerprint density at radius 3 is 2.19 bits per heavy atom. The third kappa shape index (κ3) is 6.83. The highest BCUT2D eigenvalue weighted by atomic mass is 32.2. The van der Waals surface area contributed by atoms with Crippen molar-refractivity contribution in [2.24, 2.45) is 0 Å². The lowest BCUT2D eigenvalue weighted by Gasteiger charge is -2.19. The van der Waals surface area contributed by atoms with Gasteiger partial charge in [0, 0.05) is 13.0 Å². The molecule has 0 aliphatic rings. The van der Waals surface area contributed by atoms with Crippen molar-refractivity contribution < 1.29 is 13.2 Å². The maximum atomic E-state index is 12.2. The van der Waals surface area contributed by atoms with E-state index in [-0.39, 0.29) is 28.4 Å². The zero-order valence-electron chi connectivity index (χ0n) is 16.4. The quantitative estimate of drug-likeness (QED) is 0.699. The van der Waals surface area contributed by atoms with E-state index in [4.69, 9.17) is 0 Å². The number of carbonyl (C=O) groups excluding carboxylic acids is 1. The Hall–Kier alpha value is -2.14. The first-order chi connectivity index (χ1) is 12.7. The molecule has 2 aromatic carbocycles. The molecule has 5 heteroatoms. The van der Waals surface area contributed by atoms with Gasteiger partial charge in [0.25, 0.3) is 0 Å². The Labute approximate surface area is 162 Å². The predicted octanol–water partition coefficient (Wildman–Crippen LogP) is 3.90. The van der Waals surface area contributed by atoms with Crippen molar-refractivity contribution in [1.82, 2.24) is 5.32 Å². The molecule has 0 radical (unpaired) electrons. The number of benzene rings is 2. The van der Waals surface area contributed by atoms with Gasteiger partial charge in [-0.25, -0.2) is 8.42 Å². The SMILES string of the molecule is CC(C)(C)c1ccc(CCCNC(=O)CCS(=O)(=O)c2ccccc2)cc1. The fraction of sp³-hybridized carbons (Fsp3) is 0.409. The highest BCUT2D eigenvalue weighted by Crippen LogP contribution is 2.22. The van der Waals surface area contributed by atoms with Crippen LogP contribution in [-0.4, -0.2) is 26.6 Å². The van der Waals surface area contributed by atoms with Crippen LogP contribution in [0.5, 0.6) is 0 Å². The van der Waals surface area contributed by atoms with Crippen molar-refractivity contribution in [2.45, 2.75) is 50.3 Å². The molecule has 0 saturated carbocycles. The van der Waals surface area contributed by atoms with Gasteiger partial charge in [-0.1, -0.05) is 63.2 Å². The van der Waals surface area contributed by atoms with Crippen LogP contribution in [0, 0.1) is 0 Å². The van der Waals surface area contributed by atoms with E-state index in [1.54, 1.807) is 30.3 Å². The van der Waals surface area contributed by atoms with Gasteiger partial charge in [0.05, 0.1) is 10.6 Å². The van der Waals surface area contributed by atoms with Crippen LogP contribution >= 0.6 is 0 Å². The fourth-order valence-corrected chi connectivity index (χ4v) is 4.01. The molecule has 0 heterocycles. The van der Waals surface area contributed by atoms with E-state index in [9.17, 15) is 13.2 Å². The number of hydrogen-bond acceptors (Lipinski definition) is 3. The third-order valence-corrected chi connectivity index (χ3v) is 6.22. The summed E-state index contributed by atoms with van der Waals surface area (Å²) in [7, 11) is -3.41. The zero-order chi connectivity index (χ0) is 19.9. The summed E-state index contributed by atoms with van der Waals surface area (Å²) in [6.07, 6.45) is 1.69. The molecule has 2 rings (SSSR count). The lowest BCUT2D eigenvalue weighted by molar-refractivity contribution is -0.120. The summed E-state index contributed by atoms with van der Waals surface area (Å²) >= 11 is 0. The number of hydrogen-bond donors (Lipinski definition) is 1. The van der Waals surface area contributed by atoms with Gasteiger partial charge >= 0.3 is 0 Å². The first-order valence-corrected chi connectivity index (χ1v) is 11.0. The molecular weight excluding hydrogens is 358 g/mol. The molecule has 0 aliphatic carbocycles. The predicted molar refractivity (Wildman–Crippen MR) is 110 cm³/mol. The molecule has 2 aromatic rings. The second kappa shape index (κ2) is 9.18. The average molecular weight is 388 g/mol. The number of sulfone groups is 1. The molecule has 27 heavy (non-hydrogen) atoms. The van der Waals surface area contributed by atoms with Crippen molar-refractivity contribution in [3.63, 3.8) is 0 Å². The van der Waals surface area contributed by atoms with Crippen LogP contribution in [0.4, 0.5) is 0 Å². The minimum absolute atomic E-state index is 0.0164. The number of amides is 1. The van der Waals surface area contributed by atoms with Crippen molar-refractivity contribution >= 4 is 15.7 Å². The van der Waals surface area contributed by atoms with Crippen molar-refractivity contribution in [3.05, 3.63) is 65.7 Å². The normalized spacial score (nSPS) is 12.0. The lowest BCUT2D eigenvalue weighted by Crippen LogP contribution is -2.26. The van der Waals surface area contributed by atoms with Crippen LogP contribution in [0.1, 0.15) is 44.7 Å². The van der Waals surface area contributed by atoms with Crippen LogP contribution in [0.25, 0.3) is 0 Å². The molecule has 1 N–H and O–H groups in total. The number of rotatable bonds is 8. The van der Waals surface area contributed by atoms with E-state index >= 15 is 0 Å². The van der Waals surface area contributed by atoms with Gasteiger partial charge in [-0.2, -0.15) is 0 Å². The molecule has 0 fully saturated rings. The van der Waals surface area contributed by atoms with Crippen LogP contribution in [0.2, 0.25) is 0 Å². The molecule has 4 nitrogen and oxygen atoms in total. The zero-order valence-corrected chi connectivity index (χ0v) is 17.2. The molecule has 0 aromatic heterocycles. The van der Waals surface area contributed by atoms with Crippen LogP contribution in [0.3, 0.4) is 0 Å². The summed E-state index contributed by atoms with van der Waals surface area (Å²) in [6, 6.07) is 16.8. The highest BCUT2D eigenvalue weighted by Gasteiger charge is 2.16. The van der Waals surface area contributed by atoms with E-state index in [0.717, 1.165) is 12.8 Å². The summed E-state index contributed by atoms with van der Waals surface area (Å²) in [4.78, 5) is 12.2. The van der Waals surface area contributed by atoms with E-state index < -0.39 is 9.84 Å². The molecule has 0 spiro atoms. The Morgan fingerprint density at radius 2 is 1.59 bits per heavy atom. The summed E-state index contributed by atoms with van der Waals surface area (Å²) in [6.45, 7) is 7.12. The minimum Gasteiger partial charge on any atom is -0.356 e. The van der Waals surface area contributed by atoms with Gasteiger partial charge in [-0.05, 0) is 41.5 Å². The smallest absolute Gasteiger partial charge is 0.221 e. The number of nitrogens with one attached hydrogen (secondary N) is 1. The van der Waals surface area contributed by atoms with E-state index in [0.29, 0.717) is 6.54 Å². The number of carbonyl (C=O) groups is 1. The number of aryl methyl sites for hydroxylation is 1. The maximum absolute atomic E-state index is 12.2. The lowest BCUT2D eigenvalue weighted by atomic mass is 9.86. The molecule has 0 atom stereocenters. The topological polar surface area (TPSA) is 63.2 Å². The van der Waals surface area contributed by atoms with Crippen molar-refractivity contribution in [3.8, 4) is 0 Å². The Bertz CT molecular complexity index is 835. The summed E-state index contributed by atoms with van der Waals surface area (Å²) in [5, 5.41) is 2.81.